The molecule has 2 N–H and O–H groups in total. The molecule has 3 heterocycles. The molecule has 0 radical (unpaired) electrons. The van der Waals surface area contributed by atoms with Crippen molar-refractivity contribution in [2.24, 2.45) is 5.92 Å². The molecular weight excluding hydrogens is 372 g/mol. The molecule has 0 amide bonds. The van der Waals surface area contributed by atoms with E-state index < -0.39 is 5.97 Å². The molecule has 28 heavy (non-hydrogen) atoms. The molecule has 0 atom stereocenters. The summed E-state index contributed by atoms with van der Waals surface area (Å²) in [5, 5.41) is 13.5. The first-order valence-electron chi connectivity index (χ1n) is 9.44. The van der Waals surface area contributed by atoms with Crippen LogP contribution in [-0.4, -0.2) is 26.0 Å². The standard InChI is InChI=1S/C21H22N4O2S/c1-13-9-10-22-19(11-13)25-18-4-2-3-16(24-18)17-12-23-20(28-17)14-5-7-15(8-6-14)21(26)27/h2-4,9-12,14-15H,5-8H2,1H3,(H,26,27)(H,22,24,25)/t14-,15-. The quantitative estimate of drug-likeness (QED) is 0.632. The zero-order valence-electron chi connectivity index (χ0n) is 15.6. The second kappa shape index (κ2) is 8.06. The maximum absolute atomic E-state index is 11.1. The monoisotopic (exact) mass is 394 g/mol. The first-order chi connectivity index (χ1) is 13.6. The molecule has 0 saturated heterocycles. The predicted octanol–water partition coefficient (Wildman–Crippen LogP) is 5.01. The lowest BCUT2D eigenvalue weighted by Crippen LogP contribution is -2.20. The van der Waals surface area contributed by atoms with E-state index in [1.807, 2.05) is 43.5 Å². The maximum atomic E-state index is 11.1. The first-order valence-corrected chi connectivity index (χ1v) is 10.3. The third-order valence-electron chi connectivity index (χ3n) is 5.12. The molecular formula is C21H22N4O2S. The summed E-state index contributed by atoms with van der Waals surface area (Å²) >= 11 is 1.66. The summed E-state index contributed by atoms with van der Waals surface area (Å²) in [6, 6.07) is 9.80. The van der Waals surface area contributed by atoms with Gasteiger partial charge in [0.05, 0.1) is 21.5 Å². The van der Waals surface area contributed by atoms with Crippen molar-refractivity contribution >= 4 is 28.9 Å². The lowest BCUT2D eigenvalue weighted by Gasteiger charge is -2.24. The third-order valence-corrected chi connectivity index (χ3v) is 6.30. The van der Waals surface area contributed by atoms with E-state index in [1.54, 1.807) is 17.5 Å². The Hall–Kier alpha value is -2.80. The van der Waals surface area contributed by atoms with E-state index in [0.717, 1.165) is 58.5 Å². The fourth-order valence-electron chi connectivity index (χ4n) is 3.56. The molecule has 1 aliphatic carbocycles. The topological polar surface area (TPSA) is 88.0 Å². The Balaban J connectivity index is 1.47. The molecule has 0 bridgehead atoms. The number of nitrogens with zero attached hydrogens (tertiary/aromatic N) is 3. The van der Waals surface area contributed by atoms with Gasteiger partial charge in [-0.15, -0.1) is 11.3 Å². The maximum Gasteiger partial charge on any atom is 0.306 e. The van der Waals surface area contributed by atoms with Crippen molar-refractivity contribution in [1.29, 1.82) is 0 Å². The lowest BCUT2D eigenvalue weighted by atomic mass is 9.82. The van der Waals surface area contributed by atoms with Crippen LogP contribution in [0.1, 0.15) is 42.2 Å². The second-order valence-electron chi connectivity index (χ2n) is 7.20. The van der Waals surface area contributed by atoms with Gasteiger partial charge in [0, 0.05) is 18.3 Å². The Bertz CT molecular complexity index is 980. The van der Waals surface area contributed by atoms with Crippen LogP contribution in [0.25, 0.3) is 10.6 Å². The van der Waals surface area contributed by atoms with Crippen LogP contribution in [0.5, 0.6) is 0 Å². The first kappa shape index (κ1) is 18.6. The molecule has 0 unspecified atom stereocenters. The normalized spacial score (nSPS) is 19.3. The molecule has 0 aliphatic heterocycles. The van der Waals surface area contributed by atoms with Crippen molar-refractivity contribution in [3.8, 4) is 10.6 Å². The van der Waals surface area contributed by atoms with Crippen molar-refractivity contribution in [3.05, 3.63) is 53.3 Å². The van der Waals surface area contributed by atoms with E-state index in [0.29, 0.717) is 5.92 Å². The van der Waals surface area contributed by atoms with Crippen LogP contribution < -0.4 is 5.32 Å². The Morgan fingerprint density at radius 2 is 1.96 bits per heavy atom. The number of anilines is 2. The zero-order chi connectivity index (χ0) is 19.5. The molecule has 4 rings (SSSR count). The van der Waals surface area contributed by atoms with Gasteiger partial charge in [-0.25, -0.2) is 15.0 Å². The van der Waals surface area contributed by atoms with E-state index >= 15 is 0 Å². The highest BCUT2D eigenvalue weighted by Crippen LogP contribution is 2.39. The van der Waals surface area contributed by atoms with Gasteiger partial charge in [-0.05, 0) is 62.4 Å². The van der Waals surface area contributed by atoms with Crippen LogP contribution in [0, 0.1) is 12.8 Å². The number of carboxylic acids is 1. The Morgan fingerprint density at radius 3 is 2.71 bits per heavy atom. The summed E-state index contributed by atoms with van der Waals surface area (Å²) in [5.74, 6) is 0.995. The molecule has 1 saturated carbocycles. The predicted molar refractivity (Wildman–Crippen MR) is 110 cm³/mol. The Kier molecular flexibility index (Phi) is 5.34. The van der Waals surface area contributed by atoms with Crippen molar-refractivity contribution in [3.63, 3.8) is 0 Å². The third kappa shape index (κ3) is 4.20. The van der Waals surface area contributed by atoms with E-state index in [1.165, 1.54) is 0 Å². The minimum atomic E-state index is -0.671. The van der Waals surface area contributed by atoms with Crippen molar-refractivity contribution < 1.29 is 9.90 Å². The number of aryl methyl sites for hydroxylation is 1. The number of hydrogen-bond donors (Lipinski definition) is 2. The van der Waals surface area contributed by atoms with Gasteiger partial charge in [0.15, 0.2) is 0 Å². The molecule has 1 aliphatic rings. The van der Waals surface area contributed by atoms with E-state index in [2.05, 4.69) is 15.3 Å². The highest BCUT2D eigenvalue weighted by atomic mass is 32.1. The molecule has 3 aromatic rings. The van der Waals surface area contributed by atoms with Crippen LogP contribution in [0.3, 0.4) is 0 Å². The smallest absolute Gasteiger partial charge is 0.306 e. The number of rotatable bonds is 5. The summed E-state index contributed by atoms with van der Waals surface area (Å²) in [6.07, 6.45) is 6.89. The molecule has 0 spiro atoms. The number of pyridine rings is 2. The highest BCUT2D eigenvalue weighted by molar-refractivity contribution is 7.15. The minimum Gasteiger partial charge on any atom is -0.481 e. The minimum absolute atomic E-state index is 0.199. The van der Waals surface area contributed by atoms with Gasteiger partial charge in [0.1, 0.15) is 11.6 Å². The number of aliphatic carboxylic acids is 1. The number of aromatic nitrogens is 3. The lowest BCUT2D eigenvalue weighted by molar-refractivity contribution is -0.142. The summed E-state index contributed by atoms with van der Waals surface area (Å²) in [6.45, 7) is 2.03. The number of nitrogens with one attached hydrogen (secondary N) is 1. The average Bonchev–Trinajstić information content (AvgIpc) is 3.19. The summed E-state index contributed by atoms with van der Waals surface area (Å²) < 4.78 is 0. The van der Waals surface area contributed by atoms with Gasteiger partial charge < -0.3 is 10.4 Å². The largest absolute Gasteiger partial charge is 0.481 e. The fraction of sp³-hybridized carbons (Fsp3) is 0.333. The highest BCUT2D eigenvalue weighted by Gasteiger charge is 2.28. The van der Waals surface area contributed by atoms with Gasteiger partial charge in [0.2, 0.25) is 0 Å². The molecule has 7 heteroatoms. The van der Waals surface area contributed by atoms with Crippen LogP contribution in [0.2, 0.25) is 0 Å². The summed E-state index contributed by atoms with van der Waals surface area (Å²) in [4.78, 5) is 25.8. The number of hydrogen-bond acceptors (Lipinski definition) is 6. The van der Waals surface area contributed by atoms with Crippen molar-refractivity contribution in [2.75, 3.05) is 5.32 Å². The van der Waals surface area contributed by atoms with Crippen LogP contribution in [-0.2, 0) is 4.79 Å². The van der Waals surface area contributed by atoms with E-state index in [9.17, 15) is 4.79 Å². The van der Waals surface area contributed by atoms with Crippen LogP contribution in [0.4, 0.5) is 11.6 Å². The number of carbonyl (C=O) groups is 1. The second-order valence-corrected chi connectivity index (χ2v) is 8.26. The Labute approximate surface area is 167 Å². The zero-order valence-corrected chi connectivity index (χ0v) is 16.4. The molecule has 144 valence electrons. The van der Waals surface area contributed by atoms with Gasteiger partial charge in [-0.1, -0.05) is 6.07 Å². The van der Waals surface area contributed by atoms with E-state index in [4.69, 9.17) is 10.1 Å². The fourth-order valence-corrected chi connectivity index (χ4v) is 4.62. The molecule has 6 nitrogen and oxygen atoms in total. The number of thiazole rings is 1. The molecule has 0 aromatic carbocycles. The van der Waals surface area contributed by atoms with Crippen molar-refractivity contribution in [1.82, 2.24) is 15.0 Å². The summed E-state index contributed by atoms with van der Waals surface area (Å²) in [5.41, 5.74) is 2.01. The van der Waals surface area contributed by atoms with Gasteiger partial charge >= 0.3 is 5.97 Å². The SMILES string of the molecule is Cc1ccnc(Nc2cccc(-c3cnc([C@H]4CC[C@H](C(=O)O)CC4)s3)n2)c1. The van der Waals surface area contributed by atoms with Gasteiger partial charge in [0.25, 0.3) is 0 Å². The Morgan fingerprint density at radius 1 is 1.14 bits per heavy atom. The molecule has 3 aromatic heterocycles. The summed E-state index contributed by atoms with van der Waals surface area (Å²) in [7, 11) is 0. The molecule has 1 fully saturated rings. The van der Waals surface area contributed by atoms with Crippen LogP contribution >= 0.6 is 11.3 Å². The van der Waals surface area contributed by atoms with Crippen molar-refractivity contribution in [2.45, 2.75) is 38.5 Å². The van der Waals surface area contributed by atoms with Gasteiger partial charge in [-0.2, -0.15) is 0 Å². The van der Waals surface area contributed by atoms with E-state index in [-0.39, 0.29) is 5.92 Å². The average molecular weight is 395 g/mol. The number of carboxylic acid groups (broad SMARTS) is 1. The van der Waals surface area contributed by atoms with Gasteiger partial charge in [-0.3, -0.25) is 4.79 Å². The van der Waals surface area contributed by atoms with Crippen LogP contribution in [0.15, 0.2) is 42.7 Å².